The van der Waals surface area contributed by atoms with Crippen molar-refractivity contribution in [3.8, 4) is 0 Å². The molecule has 0 amide bonds. The molecule has 0 bridgehead atoms. The molecule has 0 aromatic rings. The van der Waals surface area contributed by atoms with E-state index in [0.29, 0.717) is 4.48 Å². The molecular weight excluding hydrogens is 220 g/mol. The van der Waals surface area contributed by atoms with Crippen LogP contribution in [-0.2, 0) is 9.53 Å². The van der Waals surface area contributed by atoms with Gasteiger partial charge in [0.1, 0.15) is 12.4 Å². The van der Waals surface area contributed by atoms with Crippen molar-refractivity contribution in [1.29, 1.82) is 0 Å². The number of ketones is 1. The number of carbonyl (C=O) groups excluding carboxylic acids is 1. The van der Waals surface area contributed by atoms with Crippen LogP contribution in [0.25, 0.3) is 0 Å². The third-order valence-electron chi connectivity index (χ3n) is 2.62. The number of halogens is 1. The summed E-state index contributed by atoms with van der Waals surface area (Å²) in [5.74, 6) is 0.351. The van der Waals surface area contributed by atoms with Crippen LogP contribution in [0, 0.1) is 5.92 Å². The van der Waals surface area contributed by atoms with Crippen LogP contribution in [0.1, 0.15) is 25.7 Å². The first-order chi connectivity index (χ1) is 5.79. The lowest BCUT2D eigenvalue weighted by atomic mass is 9.82. The van der Waals surface area contributed by atoms with Crippen molar-refractivity contribution < 1.29 is 9.53 Å². The maximum absolute atomic E-state index is 11.6. The van der Waals surface area contributed by atoms with E-state index in [-0.39, 0.29) is 17.8 Å². The van der Waals surface area contributed by atoms with Gasteiger partial charge in [-0.1, -0.05) is 6.42 Å². The molecule has 0 aromatic carbocycles. The number of ether oxygens (including phenoxy) is 1. The van der Waals surface area contributed by atoms with Crippen LogP contribution >= 0.6 is 15.9 Å². The average molecular weight is 231 g/mol. The fraction of sp³-hybridized carbons (Fsp3) is 0.667. The van der Waals surface area contributed by atoms with Crippen LogP contribution in [-0.4, -0.2) is 11.9 Å². The molecule has 1 saturated carbocycles. The van der Waals surface area contributed by atoms with E-state index in [2.05, 4.69) is 15.9 Å². The quantitative estimate of drug-likeness (QED) is 0.639. The van der Waals surface area contributed by atoms with Gasteiger partial charge in [0.2, 0.25) is 0 Å². The normalized spacial score (nSPS) is 35.1. The third-order valence-corrected chi connectivity index (χ3v) is 3.20. The van der Waals surface area contributed by atoms with Gasteiger partial charge in [-0.3, -0.25) is 4.79 Å². The van der Waals surface area contributed by atoms with Crippen molar-refractivity contribution in [2.75, 3.05) is 0 Å². The van der Waals surface area contributed by atoms with E-state index in [0.717, 1.165) is 19.3 Å². The van der Waals surface area contributed by atoms with Gasteiger partial charge >= 0.3 is 0 Å². The smallest absolute Gasteiger partial charge is 0.179 e. The lowest BCUT2D eigenvalue weighted by Gasteiger charge is -2.32. The Morgan fingerprint density at radius 3 is 3.00 bits per heavy atom. The third kappa shape index (κ3) is 1.30. The average Bonchev–Trinajstić information content (AvgIpc) is 2.12. The van der Waals surface area contributed by atoms with E-state index in [1.54, 1.807) is 6.26 Å². The fourth-order valence-corrected chi connectivity index (χ4v) is 2.34. The van der Waals surface area contributed by atoms with Crippen LogP contribution in [0.3, 0.4) is 0 Å². The van der Waals surface area contributed by atoms with E-state index >= 15 is 0 Å². The molecule has 66 valence electrons. The Hall–Kier alpha value is -0.310. The van der Waals surface area contributed by atoms with Gasteiger partial charge in [0.25, 0.3) is 0 Å². The van der Waals surface area contributed by atoms with E-state index in [1.165, 1.54) is 6.42 Å². The van der Waals surface area contributed by atoms with Crippen LogP contribution in [0.2, 0.25) is 0 Å². The Labute approximate surface area is 80.1 Å². The van der Waals surface area contributed by atoms with E-state index in [4.69, 9.17) is 4.74 Å². The van der Waals surface area contributed by atoms with Crippen molar-refractivity contribution in [2.45, 2.75) is 31.8 Å². The molecule has 1 aliphatic carbocycles. The molecule has 0 radical (unpaired) electrons. The summed E-state index contributed by atoms with van der Waals surface area (Å²) >= 11 is 3.20. The molecule has 2 atom stereocenters. The first kappa shape index (κ1) is 8.30. The lowest BCUT2D eigenvalue weighted by molar-refractivity contribution is -0.125. The van der Waals surface area contributed by atoms with Gasteiger partial charge in [0.05, 0.1) is 10.4 Å². The van der Waals surface area contributed by atoms with Crippen molar-refractivity contribution in [3.05, 3.63) is 10.7 Å². The number of Topliss-reactive ketones (excluding diaryl/α,β-unsaturated/α-hetero) is 1. The molecule has 12 heavy (non-hydrogen) atoms. The van der Waals surface area contributed by atoms with Gasteiger partial charge in [0, 0.05) is 0 Å². The monoisotopic (exact) mass is 230 g/mol. The highest BCUT2D eigenvalue weighted by molar-refractivity contribution is 9.12. The molecule has 0 aromatic heterocycles. The summed E-state index contributed by atoms with van der Waals surface area (Å²) in [5, 5.41) is 0. The maximum atomic E-state index is 11.6. The number of hydrogen-bond acceptors (Lipinski definition) is 2. The zero-order valence-corrected chi connectivity index (χ0v) is 8.34. The van der Waals surface area contributed by atoms with Crippen molar-refractivity contribution in [1.82, 2.24) is 0 Å². The Kier molecular flexibility index (Phi) is 2.22. The minimum atomic E-state index is 0.123. The summed E-state index contributed by atoms with van der Waals surface area (Å²) in [4.78, 5) is 11.6. The topological polar surface area (TPSA) is 26.3 Å². The van der Waals surface area contributed by atoms with Crippen LogP contribution in [0.4, 0.5) is 0 Å². The molecule has 1 aliphatic heterocycles. The highest BCUT2D eigenvalue weighted by Crippen LogP contribution is 2.34. The number of allylic oxidation sites excluding steroid dienone is 1. The molecular formula is C9H11BrO2. The van der Waals surface area contributed by atoms with Crippen molar-refractivity contribution >= 4 is 21.7 Å². The Bertz CT molecular complexity index is 235. The van der Waals surface area contributed by atoms with Gasteiger partial charge in [-0.25, -0.2) is 0 Å². The maximum Gasteiger partial charge on any atom is 0.179 e. The van der Waals surface area contributed by atoms with Gasteiger partial charge in [-0.2, -0.15) is 0 Å². The number of rotatable bonds is 0. The zero-order valence-electron chi connectivity index (χ0n) is 6.75. The molecule has 0 spiro atoms. The first-order valence-electron chi connectivity index (χ1n) is 4.34. The predicted molar refractivity (Wildman–Crippen MR) is 48.8 cm³/mol. The van der Waals surface area contributed by atoms with Gasteiger partial charge in [-0.15, -0.1) is 0 Å². The zero-order chi connectivity index (χ0) is 8.55. The SMILES string of the molecule is O=C1C(Br)=COC2CCCCC12. The standard InChI is InChI=1S/C9H11BrO2/c10-7-5-12-8-4-2-1-3-6(8)9(7)11/h5-6,8H,1-4H2. The summed E-state index contributed by atoms with van der Waals surface area (Å²) in [6.45, 7) is 0. The van der Waals surface area contributed by atoms with Crippen LogP contribution in [0.15, 0.2) is 10.7 Å². The molecule has 1 fully saturated rings. The summed E-state index contributed by atoms with van der Waals surface area (Å²) in [6.07, 6.45) is 6.10. The lowest BCUT2D eigenvalue weighted by Crippen LogP contribution is -2.35. The van der Waals surface area contributed by atoms with Crippen LogP contribution < -0.4 is 0 Å². The van der Waals surface area contributed by atoms with Gasteiger partial charge < -0.3 is 4.74 Å². The molecule has 3 heteroatoms. The van der Waals surface area contributed by atoms with Crippen molar-refractivity contribution in [3.63, 3.8) is 0 Å². The molecule has 2 nitrogen and oxygen atoms in total. The van der Waals surface area contributed by atoms with E-state index < -0.39 is 0 Å². The second-order valence-electron chi connectivity index (χ2n) is 3.40. The first-order valence-corrected chi connectivity index (χ1v) is 5.13. The summed E-state index contributed by atoms with van der Waals surface area (Å²) in [6, 6.07) is 0. The molecule has 2 rings (SSSR count). The highest BCUT2D eigenvalue weighted by Gasteiger charge is 2.35. The Morgan fingerprint density at radius 2 is 2.17 bits per heavy atom. The fourth-order valence-electron chi connectivity index (χ4n) is 1.94. The van der Waals surface area contributed by atoms with Gasteiger partial charge in [0.15, 0.2) is 5.78 Å². The molecule has 0 N–H and O–H groups in total. The minimum absolute atomic E-state index is 0.123. The Balaban J connectivity index is 2.19. The largest absolute Gasteiger partial charge is 0.496 e. The van der Waals surface area contributed by atoms with Crippen LogP contribution in [0.5, 0.6) is 0 Å². The van der Waals surface area contributed by atoms with E-state index in [1.807, 2.05) is 0 Å². The summed E-state index contributed by atoms with van der Waals surface area (Å²) in [7, 11) is 0. The number of hydrogen-bond donors (Lipinski definition) is 0. The second-order valence-corrected chi connectivity index (χ2v) is 4.25. The minimum Gasteiger partial charge on any atom is -0.496 e. The Morgan fingerprint density at radius 1 is 1.42 bits per heavy atom. The second kappa shape index (κ2) is 3.21. The predicted octanol–water partition coefficient (Wildman–Crippen LogP) is 2.38. The molecule has 2 unspecified atom stereocenters. The number of carbonyl (C=O) groups is 1. The van der Waals surface area contributed by atoms with E-state index in [9.17, 15) is 4.79 Å². The van der Waals surface area contributed by atoms with Crippen molar-refractivity contribution in [2.24, 2.45) is 5.92 Å². The summed E-state index contributed by atoms with van der Waals surface area (Å²) in [5.41, 5.74) is 0. The molecule has 0 saturated heterocycles. The molecule has 1 heterocycles. The van der Waals surface area contributed by atoms with Gasteiger partial charge in [-0.05, 0) is 35.2 Å². The summed E-state index contributed by atoms with van der Waals surface area (Å²) < 4.78 is 6.04. The number of fused-ring (bicyclic) bond motifs is 1. The molecule has 2 aliphatic rings. The highest BCUT2D eigenvalue weighted by atomic mass is 79.9.